The number of carbonyl (C=O) groups is 3. The summed E-state index contributed by atoms with van der Waals surface area (Å²) in [6.45, 7) is 5.72. The molecule has 2 unspecified atom stereocenters. The van der Waals surface area contributed by atoms with Gasteiger partial charge in [-0.3, -0.25) is 24.6 Å². The summed E-state index contributed by atoms with van der Waals surface area (Å²) in [6, 6.07) is 5.43. The van der Waals surface area contributed by atoms with Crippen LogP contribution in [0.3, 0.4) is 0 Å². The maximum absolute atomic E-state index is 13.3. The summed E-state index contributed by atoms with van der Waals surface area (Å²) in [7, 11) is 0. The lowest BCUT2D eigenvalue weighted by molar-refractivity contribution is -0.136. The van der Waals surface area contributed by atoms with E-state index in [1.54, 1.807) is 4.90 Å². The third-order valence-electron chi connectivity index (χ3n) is 7.12. The number of rotatable bonds is 4. The molecule has 166 valence electrons. The van der Waals surface area contributed by atoms with Gasteiger partial charge in [-0.15, -0.1) is 0 Å². The van der Waals surface area contributed by atoms with Crippen molar-refractivity contribution in [2.75, 3.05) is 32.8 Å². The molecule has 1 aromatic rings. The minimum Gasteiger partial charge on any atom is -0.375 e. The van der Waals surface area contributed by atoms with E-state index in [1.807, 2.05) is 18.2 Å². The summed E-state index contributed by atoms with van der Waals surface area (Å²) in [5.74, 6) is -0.128. The van der Waals surface area contributed by atoms with Gasteiger partial charge in [-0.2, -0.15) is 0 Å². The van der Waals surface area contributed by atoms with Gasteiger partial charge in [-0.25, -0.2) is 0 Å². The molecule has 3 fully saturated rings. The normalized spacial score (nSPS) is 28.0. The lowest BCUT2D eigenvalue weighted by Crippen LogP contribution is -2.52. The number of amides is 3. The van der Waals surface area contributed by atoms with E-state index in [1.165, 1.54) is 0 Å². The molecule has 3 saturated heterocycles. The monoisotopic (exact) mass is 426 g/mol. The average molecular weight is 427 g/mol. The molecule has 8 heteroatoms. The van der Waals surface area contributed by atoms with Crippen molar-refractivity contribution in [3.8, 4) is 0 Å². The Labute approximate surface area is 182 Å². The first-order chi connectivity index (χ1) is 15.1. The molecular weight excluding hydrogens is 396 g/mol. The van der Waals surface area contributed by atoms with Gasteiger partial charge in [0.1, 0.15) is 6.04 Å². The van der Waals surface area contributed by atoms with Crippen molar-refractivity contribution in [1.29, 1.82) is 0 Å². The van der Waals surface area contributed by atoms with Gasteiger partial charge in [0.25, 0.3) is 5.91 Å². The number of nitrogens with zero attached hydrogens (tertiary/aromatic N) is 2. The van der Waals surface area contributed by atoms with Crippen LogP contribution >= 0.6 is 0 Å². The maximum Gasteiger partial charge on any atom is 0.255 e. The van der Waals surface area contributed by atoms with E-state index in [2.05, 4.69) is 15.5 Å². The lowest BCUT2D eigenvalue weighted by atomic mass is 9.91. The number of carbonyl (C=O) groups excluding carboxylic acids is 3. The molecule has 3 amide bonds. The van der Waals surface area contributed by atoms with Crippen molar-refractivity contribution in [1.82, 2.24) is 20.4 Å². The van der Waals surface area contributed by atoms with E-state index in [4.69, 9.17) is 4.74 Å². The highest BCUT2D eigenvalue weighted by Gasteiger charge is 2.40. The molecule has 0 radical (unpaired) electrons. The molecule has 8 nitrogen and oxygen atoms in total. The Morgan fingerprint density at radius 2 is 1.94 bits per heavy atom. The first kappa shape index (κ1) is 20.6. The van der Waals surface area contributed by atoms with E-state index in [0.29, 0.717) is 25.4 Å². The van der Waals surface area contributed by atoms with E-state index in [0.717, 1.165) is 62.3 Å². The van der Waals surface area contributed by atoms with Crippen LogP contribution in [0.2, 0.25) is 0 Å². The van der Waals surface area contributed by atoms with E-state index < -0.39 is 6.04 Å². The molecule has 31 heavy (non-hydrogen) atoms. The van der Waals surface area contributed by atoms with Crippen LogP contribution in [-0.2, 0) is 27.4 Å². The zero-order valence-electron chi connectivity index (χ0n) is 17.8. The molecule has 2 atom stereocenters. The number of benzene rings is 1. The Morgan fingerprint density at radius 1 is 1.10 bits per heavy atom. The van der Waals surface area contributed by atoms with E-state index >= 15 is 0 Å². The molecule has 0 aromatic heterocycles. The summed E-state index contributed by atoms with van der Waals surface area (Å²) in [5, 5.41) is 5.79. The van der Waals surface area contributed by atoms with Crippen molar-refractivity contribution in [2.45, 2.75) is 50.9 Å². The smallest absolute Gasteiger partial charge is 0.255 e. The van der Waals surface area contributed by atoms with Gasteiger partial charge in [0, 0.05) is 38.2 Å². The van der Waals surface area contributed by atoms with E-state index in [9.17, 15) is 14.4 Å². The summed E-state index contributed by atoms with van der Waals surface area (Å²) in [4.78, 5) is 41.2. The van der Waals surface area contributed by atoms with Crippen molar-refractivity contribution < 1.29 is 19.1 Å². The first-order valence-corrected chi connectivity index (χ1v) is 11.4. The molecule has 2 N–H and O–H groups in total. The van der Waals surface area contributed by atoms with Gasteiger partial charge in [0.05, 0.1) is 12.7 Å². The Morgan fingerprint density at radius 3 is 2.74 bits per heavy atom. The third-order valence-corrected chi connectivity index (χ3v) is 7.12. The van der Waals surface area contributed by atoms with Gasteiger partial charge in [0.2, 0.25) is 11.8 Å². The lowest BCUT2D eigenvalue weighted by Gasteiger charge is -2.38. The number of fused-ring (bicyclic) bond motifs is 1. The summed E-state index contributed by atoms with van der Waals surface area (Å²) >= 11 is 0. The van der Waals surface area contributed by atoms with Crippen LogP contribution in [0, 0.1) is 5.92 Å². The van der Waals surface area contributed by atoms with Crippen LogP contribution in [0.1, 0.15) is 47.2 Å². The summed E-state index contributed by atoms with van der Waals surface area (Å²) < 4.78 is 6.10. The highest BCUT2D eigenvalue weighted by Crippen LogP contribution is 2.31. The quantitative estimate of drug-likeness (QED) is 0.687. The van der Waals surface area contributed by atoms with Gasteiger partial charge in [-0.05, 0) is 49.4 Å². The number of morpholine rings is 1. The summed E-state index contributed by atoms with van der Waals surface area (Å²) in [5.41, 5.74) is 2.72. The van der Waals surface area contributed by atoms with Crippen LogP contribution in [0.25, 0.3) is 0 Å². The first-order valence-electron chi connectivity index (χ1n) is 11.4. The second-order valence-electron chi connectivity index (χ2n) is 9.08. The van der Waals surface area contributed by atoms with Gasteiger partial charge < -0.3 is 15.0 Å². The van der Waals surface area contributed by atoms with E-state index in [-0.39, 0.29) is 30.2 Å². The standard InChI is InChI=1S/C23H30N4O4/c28-20-5-4-18(22(29)25-20)27-13-17-3-1-2-16(21(17)23(27)30)12-26-10-11-31-19(14-26)15-6-8-24-9-7-15/h1-3,15,18-19,24H,4-14H2,(H,25,28,29). The molecule has 1 aromatic carbocycles. The fraction of sp³-hybridized carbons (Fsp3) is 0.609. The Kier molecular flexibility index (Phi) is 5.77. The number of hydrogen-bond acceptors (Lipinski definition) is 6. The molecule has 0 saturated carbocycles. The van der Waals surface area contributed by atoms with Crippen molar-refractivity contribution >= 4 is 17.7 Å². The predicted molar refractivity (Wildman–Crippen MR) is 113 cm³/mol. The van der Waals surface area contributed by atoms with Crippen LogP contribution in [-0.4, -0.2) is 72.5 Å². The second-order valence-corrected chi connectivity index (χ2v) is 9.08. The molecular formula is C23H30N4O4. The fourth-order valence-corrected chi connectivity index (χ4v) is 5.44. The SMILES string of the molecule is O=C1CCC(N2Cc3cccc(CN4CCOC(C5CCNCC5)C4)c3C2=O)C(=O)N1. The van der Waals surface area contributed by atoms with Crippen molar-refractivity contribution in [3.63, 3.8) is 0 Å². The maximum atomic E-state index is 13.3. The Bertz CT molecular complexity index is 882. The molecule has 0 spiro atoms. The second kappa shape index (κ2) is 8.68. The van der Waals surface area contributed by atoms with Crippen LogP contribution < -0.4 is 10.6 Å². The van der Waals surface area contributed by atoms with Gasteiger partial charge in [0.15, 0.2) is 0 Å². The van der Waals surface area contributed by atoms with Gasteiger partial charge in [-0.1, -0.05) is 18.2 Å². The molecule has 4 aliphatic rings. The number of ether oxygens (including phenoxy) is 1. The number of imide groups is 1. The van der Waals surface area contributed by atoms with Gasteiger partial charge >= 0.3 is 0 Å². The molecule has 4 heterocycles. The molecule has 0 bridgehead atoms. The molecule has 4 aliphatic heterocycles. The number of nitrogens with one attached hydrogen (secondary N) is 2. The predicted octanol–water partition coefficient (Wildman–Crippen LogP) is 0.648. The minimum atomic E-state index is -0.571. The highest BCUT2D eigenvalue weighted by atomic mass is 16.5. The van der Waals surface area contributed by atoms with Crippen molar-refractivity contribution in [2.24, 2.45) is 5.92 Å². The Hall–Kier alpha value is -2.29. The molecule has 5 rings (SSSR count). The molecule has 0 aliphatic carbocycles. The summed E-state index contributed by atoms with van der Waals surface area (Å²) in [6.07, 6.45) is 3.22. The van der Waals surface area contributed by atoms with Crippen LogP contribution in [0.4, 0.5) is 0 Å². The average Bonchev–Trinajstić information content (AvgIpc) is 3.12. The topological polar surface area (TPSA) is 91.0 Å². The number of piperidine rings is 2. The van der Waals surface area contributed by atoms with Crippen LogP contribution in [0.5, 0.6) is 0 Å². The number of hydrogen-bond donors (Lipinski definition) is 2. The third kappa shape index (κ3) is 4.12. The fourth-order valence-electron chi connectivity index (χ4n) is 5.44. The highest BCUT2D eigenvalue weighted by molar-refractivity contribution is 6.05. The Balaban J connectivity index is 1.29. The largest absolute Gasteiger partial charge is 0.375 e. The van der Waals surface area contributed by atoms with Crippen LogP contribution in [0.15, 0.2) is 18.2 Å². The zero-order valence-corrected chi connectivity index (χ0v) is 17.8. The van der Waals surface area contributed by atoms with Crippen molar-refractivity contribution in [3.05, 3.63) is 34.9 Å². The minimum absolute atomic E-state index is 0.0942. The zero-order chi connectivity index (χ0) is 21.4.